The third kappa shape index (κ3) is 3.52. The number of rotatable bonds is 2. The zero-order valence-electron chi connectivity index (χ0n) is 9.02. The third-order valence-corrected chi connectivity index (χ3v) is 1.80. The van der Waals surface area contributed by atoms with Gasteiger partial charge in [-0.3, -0.25) is 4.79 Å². The minimum absolute atomic E-state index is 0.198. The van der Waals surface area contributed by atoms with Gasteiger partial charge in [0.25, 0.3) is 0 Å². The van der Waals surface area contributed by atoms with E-state index in [0.717, 1.165) is 6.07 Å². The van der Waals surface area contributed by atoms with Crippen molar-refractivity contribution in [1.82, 2.24) is 0 Å². The summed E-state index contributed by atoms with van der Waals surface area (Å²) in [6.45, 7) is 1.82. The molecule has 1 rings (SSSR count). The largest absolute Gasteiger partial charge is 0.465 e. The van der Waals surface area contributed by atoms with Crippen LogP contribution in [0.25, 0.3) is 0 Å². The Morgan fingerprint density at radius 3 is 2.59 bits per heavy atom. The highest BCUT2D eigenvalue weighted by atomic mass is 19.2. The Labute approximate surface area is 96.4 Å². The van der Waals surface area contributed by atoms with Crippen LogP contribution in [0.2, 0.25) is 0 Å². The van der Waals surface area contributed by atoms with Gasteiger partial charge in [0.1, 0.15) is 12.2 Å². The van der Waals surface area contributed by atoms with E-state index in [2.05, 4.69) is 16.6 Å². The lowest BCUT2D eigenvalue weighted by Crippen LogP contribution is -2.02. The second kappa shape index (κ2) is 5.94. The first-order chi connectivity index (χ1) is 8.06. The maximum absolute atomic E-state index is 13.1. The molecule has 0 aliphatic heterocycles. The summed E-state index contributed by atoms with van der Waals surface area (Å²) in [6, 6.07) is 1.44. The first-order valence-electron chi connectivity index (χ1n) is 4.84. The lowest BCUT2D eigenvalue weighted by molar-refractivity contribution is -0.141. The molecule has 0 saturated carbocycles. The van der Waals surface area contributed by atoms with E-state index in [9.17, 15) is 18.0 Å². The summed E-state index contributed by atoms with van der Waals surface area (Å²) in [5, 5.41) is 0. The predicted molar refractivity (Wildman–Crippen MR) is 54.4 cm³/mol. The van der Waals surface area contributed by atoms with Gasteiger partial charge in [0.05, 0.1) is 12.2 Å². The highest BCUT2D eigenvalue weighted by Crippen LogP contribution is 2.14. The number of benzene rings is 1. The van der Waals surface area contributed by atoms with Crippen LogP contribution in [-0.2, 0) is 9.53 Å². The number of halogens is 3. The highest BCUT2D eigenvalue weighted by Gasteiger charge is 2.11. The van der Waals surface area contributed by atoms with E-state index >= 15 is 0 Å². The summed E-state index contributed by atoms with van der Waals surface area (Å²) >= 11 is 0. The molecule has 0 radical (unpaired) electrons. The molecule has 0 unspecified atom stereocenters. The Morgan fingerprint density at radius 1 is 1.29 bits per heavy atom. The topological polar surface area (TPSA) is 26.3 Å². The van der Waals surface area contributed by atoms with Gasteiger partial charge in [-0.25, -0.2) is 13.2 Å². The first-order valence-corrected chi connectivity index (χ1v) is 4.84. The summed E-state index contributed by atoms with van der Waals surface area (Å²) < 4.78 is 43.5. The van der Waals surface area contributed by atoms with Crippen LogP contribution in [0.4, 0.5) is 13.2 Å². The predicted octanol–water partition coefficient (Wildman–Crippen LogP) is 2.41. The average Bonchev–Trinajstić information content (AvgIpc) is 2.29. The molecule has 1 aromatic carbocycles. The van der Waals surface area contributed by atoms with Crippen LogP contribution >= 0.6 is 0 Å². The van der Waals surface area contributed by atoms with Gasteiger partial charge in [-0.15, -0.1) is 0 Å². The molecule has 0 N–H and O–H groups in total. The van der Waals surface area contributed by atoms with Gasteiger partial charge in [-0.1, -0.05) is 11.8 Å². The van der Waals surface area contributed by atoms with Crippen molar-refractivity contribution in [1.29, 1.82) is 0 Å². The fourth-order valence-corrected chi connectivity index (χ4v) is 1.06. The first kappa shape index (κ1) is 13.1. The highest BCUT2D eigenvalue weighted by molar-refractivity contribution is 5.72. The molecule has 0 spiro atoms. The Morgan fingerprint density at radius 2 is 1.94 bits per heavy atom. The van der Waals surface area contributed by atoms with Gasteiger partial charge in [0.2, 0.25) is 0 Å². The zero-order valence-corrected chi connectivity index (χ0v) is 9.02. The second-order valence-electron chi connectivity index (χ2n) is 3.00. The summed E-state index contributed by atoms with van der Waals surface area (Å²) in [7, 11) is 0. The molecule has 1 aromatic rings. The number of esters is 1. The molecule has 0 aromatic heterocycles. The van der Waals surface area contributed by atoms with E-state index in [1.165, 1.54) is 0 Å². The molecule has 0 bridgehead atoms. The SMILES string of the molecule is CCOC(=O)CC#Cc1c(F)ccc(F)c1F. The molecule has 0 amide bonds. The molecule has 0 aliphatic carbocycles. The van der Waals surface area contributed by atoms with Gasteiger partial charge in [-0.2, -0.15) is 0 Å². The fourth-order valence-electron chi connectivity index (χ4n) is 1.06. The van der Waals surface area contributed by atoms with E-state index in [-0.39, 0.29) is 13.0 Å². The van der Waals surface area contributed by atoms with Crippen molar-refractivity contribution >= 4 is 5.97 Å². The molecule has 0 aliphatic rings. The maximum Gasteiger partial charge on any atom is 0.317 e. The third-order valence-electron chi connectivity index (χ3n) is 1.80. The normalized spacial score (nSPS) is 9.41. The number of hydrogen-bond donors (Lipinski definition) is 0. The van der Waals surface area contributed by atoms with Crippen LogP contribution < -0.4 is 0 Å². The summed E-state index contributed by atoms with van der Waals surface area (Å²) in [5.41, 5.74) is -0.686. The number of hydrogen-bond acceptors (Lipinski definition) is 2. The van der Waals surface area contributed by atoms with E-state index < -0.39 is 29.0 Å². The zero-order chi connectivity index (χ0) is 12.8. The van der Waals surface area contributed by atoms with Crippen molar-refractivity contribution < 1.29 is 22.7 Å². The summed E-state index contributed by atoms with van der Waals surface area (Å²) in [4.78, 5) is 10.9. The van der Waals surface area contributed by atoms with Gasteiger partial charge in [0.15, 0.2) is 11.6 Å². The lowest BCUT2D eigenvalue weighted by atomic mass is 10.2. The average molecular weight is 242 g/mol. The van der Waals surface area contributed by atoms with Crippen molar-refractivity contribution in [3.63, 3.8) is 0 Å². The number of carbonyl (C=O) groups is 1. The lowest BCUT2D eigenvalue weighted by Gasteiger charge is -1.98. The smallest absolute Gasteiger partial charge is 0.317 e. The van der Waals surface area contributed by atoms with Crippen LogP contribution in [0.3, 0.4) is 0 Å². The van der Waals surface area contributed by atoms with E-state index in [1.54, 1.807) is 6.92 Å². The molecule has 0 saturated heterocycles. The van der Waals surface area contributed by atoms with Crippen molar-refractivity contribution in [3.05, 3.63) is 35.1 Å². The van der Waals surface area contributed by atoms with Gasteiger partial charge >= 0.3 is 5.97 Å². The van der Waals surface area contributed by atoms with Gasteiger partial charge < -0.3 is 4.74 Å². The number of carbonyl (C=O) groups excluding carboxylic acids is 1. The molecule has 0 atom stereocenters. The van der Waals surface area contributed by atoms with Crippen LogP contribution in [-0.4, -0.2) is 12.6 Å². The fraction of sp³-hybridized carbons (Fsp3) is 0.250. The molecule has 0 heterocycles. The van der Waals surface area contributed by atoms with Gasteiger partial charge in [-0.05, 0) is 19.1 Å². The molecule has 17 heavy (non-hydrogen) atoms. The van der Waals surface area contributed by atoms with Crippen LogP contribution in [0.15, 0.2) is 12.1 Å². The maximum atomic E-state index is 13.1. The molecular weight excluding hydrogens is 233 g/mol. The molecular formula is C12H9F3O2. The molecule has 0 fully saturated rings. The Balaban J connectivity index is 2.85. The molecule has 2 nitrogen and oxygen atoms in total. The molecule has 90 valence electrons. The van der Waals surface area contributed by atoms with E-state index in [0.29, 0.717) is 6.07 Å². The summed E-state index contributed by atoms with van der Waals surface area (Å²) in [5.74, 6) is 0.175. The van der Waals surface area contributed by atoms with Crippen molar-refractivity contribution in [2.45, 2.75) is 13.3 Å². The van der Waals surface area contributed by atoms with E-state index in [4.69, 9.17) is 0 Å². The minimum Gasteiger partial charge on any atom is -0.465 e. The van der Waals surface area contributed by atoms with Crippen LogP contribution in [0.5, 0.6) is 0 Å². The quantitative estimate of drug-likeness (QED) is 0.452. The van der Waals surface area contributed by atoms with Crippen molar-refractivity contribution in [3.8, 4) is 11.8 Å². The Bertz CT molecular complexity index is 487. The van der Waals surface area contributed by atoms with Crippen molar-refractivity contribution in [2.24, 2.45) is 0 Å². The standard InChI is InChI=1S/C12H9F3O2/c1-2-17-11(16)5-3-4-8-9(13)6-7-10(14)12(8)15/h6-7H,2,5H2,1H3. The van der Waals surface area contributed by atoms with E-state index in [1.807, 2.05) is 0 Å². The van der Waals surface area contributed by atoms with Gasteiger partial charge in [0, 0.05) is 0 Å². The minimum atomic E-state index is -1.36. The summed E-state index contributed by atoms with van der Waals surface area (Å²) in [6.07, 6.45) is -0.302. The second-order valence-corrected chi connectivity index (χ2v) is 3.00. The number of ether oxygens (including phenoxy) is 1. The van der Waals surface area contributed by atoms with Crippen LogP contribution in [0, 0.1) is 29.3 Å². The Kier molecular flexibility index (Phi) is 4.58. The monoisotopic (exact) mass is 242 g/mol. The van der Waals surface area contributed by atoms with Crippen molar-refractivity contribution in [2.75, 3.05) is 6.61 Å². The van der Waals surface area contributed by atoms with Crippen LogP contribution in [0.1, 0.15) is 18.9 Å². The molecule has 5 heteroatoms. The Hall–Kier alpha value is -1.96.